The summed E-state index contributed by atoms with van der Waals surface area (Å²) >= 11 is 0.617. The Bertz CT molecular complexity index is 147. The van der Waals surface area contributed by atoms with E-state index < -0.39 is 10.7 Å². The Morgan fingerprint density at radius 1 is 1.58 bits per heavy atom. The van der Waals surface area contributed by atoms with Crippen molar-refractivity contribution in [1.82, 2.24) is 0 Å². The van der Waals surface area contributed by atoms with Crippen molar-refractivity contribution in [3.05, 3.63) is 0 Å². The minimum Gasteiger partial charge on any atom is -0.691 e. The highest BCUT2D eigenvalue weighted by Crippen LogP contribution is 2.26. The third-order valence-corrected chi connectivity index (χ3v) is 1.74. The largest absolute Gasteiger partial charge is 0.691 e. The molecule has 0 atom stereocenters. The first kappa shape index (κ1) is 11.7. The molecule has 6 heteroatoms. The lowest BCUT2D eigenvalue weighted by molar-refractivity contribution is -0.777. The molecule has 0 aliphatic heterocycles. The van der Waals surface area contributed by atoms with Crippen molar-refractivity contribution in [2.45, 2.75) is 25.5 Å². The predicted octanol–water partition coefficient (Wildman–Crippen LogP) is 0.200. The van der Waals surface area contributed by atoms with Crippen LogP contribution >= 0.6 is 12.0 Å². The molecular weight excluding hydrogens is 184 g/mol. The lowest BCUT2D eigenvalue weighted by Gasteiger charge is -2.19. The highest BCUT2D eigenvalue weighted by atomic mass is 32.2. The summed E-state index contributed by atoms with van der Waals surface area (Å²) in [5, 5.41) is 12.6. The van der Waals surface area contributed by atoms with Crippen LogP contribution in [0, 0.1) is 0 Å². The van der Waals surface area contributed by atoms with Gasteiger partial charge >= 0.3 is 5.97 Å². The number of esters is 1. The summed E-state index contributed by atoms with van der Waals surface area (Å²) < 4.78 is 7.80. The zero-order chi connectivity index (χ0) is 9.61. The molecule has 0 spiro atoms. The van der Waals surface area contributed by atoms with E-state index in [0.29, 0.717) is 18.6 Å². The second-order valence-electron chi connectivity index (χ2n) is 2.45. The van der Waals surface area contributed by atoms with Crippen LogP contribution in [-0.4, -0.2) is 17.3 Å². The summed E-state index contributed by atoms with van der Waals surface area (Å²) in [4.78, 5) is 11.1. The van der Waals surface area contributed by atoms with Crippen LogP contribution in [0.15, 0.2) is 0 Å². The van der Waals surface area contributed by atoms with Crippen LogP contribution in [0.3, 0.4) is 0 Å². The summed E-state index contributed by atoms with van der Waals surface area (Å²) in [7, 11) is 0. The van der Waals surface area contributed by atoms with Gasteiger partial charge in [-0.25, -0.2) is 0 Å². The van der Waals surface area contributed by atoms with Gasteiger partial charge in [-0.3, -0.25) is 9.83 Å². The quantitative estimate of drug-likeness (QED) is 0.270. The van der Waals surface area contributed by atoms with Gasteiger partial charge < -0.3 is 9.99 Å². The van der Waals surface area contributed by atoms with E-state index >= 15 is 0 Å². The summed E-state index contributed by atoms with van der Waals surface area (Å²) in [6.45, 7) is 5.12. The molecule has 0 aromatic heterocycles. The molecular formula is C6H11O5S-. The Morgan fingerprint density at radius 3 is 2.58 bits per heavy atom. The zero-order valence-electron chi connectivity index (χ0n) is 7.16. The van der Waals surface area contributed by atoms with Gasteiger partial charge in [0.2, 0.25) is 0 Å². The molecule has 0 amide bonds. The molecule has 0 aliphatic carbocycles. The Labute approximate surface area is 75.1 Å². The maximum Gasteiger partial charge on any atom is 0.324 e. The highest BCUT2D eigenvalue weighted by molar-refractivity contribution is 7.96. The van der Waals surface area contributed by atoms with Gasteiger partial charge in [-0.1, -0.05) is 0 Å². The zero-order valence-corrected chi connectivity index (χ0v) is 7.97. The smallest absolute Gasteiger partial charge is 0.324 e. The first-order chi connectivity index (χ1) is 5.54. The standard InChI is InChI=1S/C6H12O5S/c1-4-9-5(7)6(2,3)12-11-10-8/h8H,4H2,1-3H3/p-1. The molecule has 0 aromatic carbocycles. The monoisotopic (exact) mass is 195 g/mol. The van der Waals surface area contributed by atoms with Gasteiger partial charge in [0.25, 0.3) is 0 Å². The molecule has 0 radical (unpaired) electrons. The molecule has 5 nitrogen and oxygen atoms in total. The number of hydrogen-bond donors (Lipinski definition) is 0. The molecule has 0 bridgehead atoms. The molecule has 0 saturated carbocycles. The van der Waals surface area contributed by atoms with Crippen LogP contribution in [0.2, 0.25) is 0 Å². The normalized spacial score (nSPS) is 11.3. The molecule has 0 aromatic rings. The van der Waals surface area contributed by atoms with Gasteiger partial charge in [0.05, 0.1) is 6.61 Å². The second-order valence-corrected chi connectivity index (χ2v) is 3.77. The SMILES string of the molecule is CCOC(=O)C(C)(C)SOO[O-]. The minimum atomic E-state index is -0.930. The third kappa shape index (κ3) is 3.91. The first-order valence-electron chi connectivity index (χ1n) is 3.36. The van der Waals surface area contributed by atoms with Crippen LogP contribution in [-0.2, 0) is 18.9 Å². The highest BCUT2D eigenvalue weighted by Gasteiger charge is 2.31. The van der Waals surface area contributed by atoms with Crippen LogP contribution in [0.1, 0.15) is 20.8 Å². The molecule has 0 N–H and O–H groups in total. The summed E-state index contributed by atoms with van der Waals surface area (Å²) in [5.74, 6) is -0.452. The number of hydrogen-bond acceptors (Lipinski definition) is 6. The average molecular weight is 195 g/mol. The van der Waals surface area contributed by atoms with Gasteiger partial charge in [-0.2, -0.15) is 4.33 Å². The molecule has 0 rings (SSSR count). The lowest BCUT2D eigenvalue weighted by atomic mass is 10.2. The summed E-state index contributed by atoms with van der Waals surface area (Å²) in [6, 6.07) is 0. The number of carbonyl (C=O) groups excluding carboxylic acids is 1. The van der Waals surface area contributed by atoms with E-state index in [1.54, 1.807) is 20.8 Å². The van der Waals surface area contributed by atoms with Crippen molar-refractivity contribution in [2.24, 2.45) is 0 Å². The van der Waals surface area contributed by atoms with Crippen molar-refractivity contribution in [2.75, 3.05) is 6.61 Å². The van der Waals surface area contributed by atoms with E-state index in [1.165, 1.54) is 0 Å². The Hall–Kier alpha value is -0.300. The fourth-order valence-electron chi connectivity index (χ4n) is 0.438. The topological polar surface area (TPSA) is 67.8 Å². The second kappa shape index (κ2) is 5.36. The number of rotatable bonds is 5. The van der Waals surface area contributed by atoms with E-state index in [0.717, 1.165) is 0 Å². The van der Waals surface area contributed by atoms with Crippen LogP contribution in [0.5, 0.6) is 0 Å². The van der Waals surface area contributed by atoms with Crippen molar-refractivity contribution in [3.63, 3.8) is 0 Å². The first-order valence-corrected chi connectivity index (χ1v) is 4.10. The van der Waals surface area contributed by atoms with Crippen LogP contribution in [0.4, 0.5) is 0 Å². The van der Waals surface area contributed by atoms with Gasteiger partial charge in [0.1, 0.15) is 4.75 Å². The van der Waals surface area contributed by atoms with E-state index in [2.05, 4.69) is 9.37 Å². The van der Waals surface area contributed by atoms with Crippen molar-refractivity contribution in [1.29, 1.82) is 0 Å². The van der Waals surface area contributed by atoms with E-state index in [1.807, 2.05) is 0 Å². The van der Waals surface area contributed by atoms with E-state index in [9.17, 15) is 10.1 Å². The maximum atomic E-state index is 11.1. The third-order valence-electron chi connectivity index (χ3n) is 1.04. The van der Waals surface area contributed by atoms with Gasteiger partial charge in [0, 0.05) is 12.0 Å². The predicted molar refractivity (Wildman–Crippen MR) is 40.5 cm³/mol. The average Bonchev–Trinajstić information content (AvgIpc) is 2.01. The Morgan fingerprint density at radius 2 is 2.17 bits per heavy atom. The summed E-state index contributed by atoms with van der Waals surface area (Å²) in [5.41, 5.74) is 0. The van der Waals surface area contributed by atoms with Gasteiger partial charge in [-0.05, 0) is 20.8 Å². The molecule has 0 heterocycles. The molecule has 0 saturated heterocycles. The lowest BCUT2D eigenvalue weighted by Crippen LogP contribution is -2.30. The maximum absolute atomic E-state index is 11.1. The van der Waals surface area contributed by atoms with E-state index in [-0.39, 0.29) is 0 Å². The van der Waals surface area contributed by atoms with Crippen molar-refractivity contribution < 1.29 is 24.2 Å². The minimum absolute atomic E-state index is 0.293. The van der Waals surface area contributed by atoms with Crippen LogP contribution < -0.4 is 5.26 Å². The van der Waals surface area contributed by atoms with E-state index in [4.69, 9.17) is 4.74 Å². The van der Waals surface area contributed by atoms with Crippen LogP contribution in [0.25, 0.3) is 0 Å². The van der Waals surface area contributed by atoms with Gasteiger partial charge in [-0.15, -0.1) is 0 Å². The molecule has 0 unspecified atom stereocenters. The fraction of sp³-hybridized carbons (Fsp3) is 0.833. The Kier molecular flexibility index (Phi) is 5.23. The molecule has 0 aliphatic rings. The number of ether oxygens (including phenoxy) is 1. The van der Waals surface area contributed by atoms with Crippen molar-refractivity contribution >= 4 is 18.0 Å². The fourth-order valence-corrected chi connectivity index (χ4v) is 0.763. The molecule has 72 valence electrons. The summed E-state index contributed by atoms with van der Waals surface area (Å²) in [6.07, 6.45) is 0. The van der Waals surface area contributed by atoms with Crippen molar-refractivity contribution in [3.8, 4) is 0 Å². The Balaban J connectivity index is 3.90. The molecule has 0 fully saturated rings. The van der Waals surface area contributed by atoms with Gasteiger partial charge in [0.15, 0.2) is 0 Å². The molecule has 12 heavy (non-hydrogen) atoms. The number of carbonyl (C=O) groups is 1.